The van der Waals surface area contributed by atoms with Crippen LogP contribution >= 0.6 is 22.9 Å². The van der Waals surface area contributed by atoms with E-state index < -0.39 is 5.97 Å². The lowest BCUT2D eigenvalue weighted by Gasteiger charge is -2.27. The van der Waals surface area contributed by atoms with Gasteiger partial charge in [-0.2, -0.15) is 0 Å². The molecule has 3 heterocycles. The number of hydrogen-bond donors (Lipinski definition) is 2. The molecule has 2 aromatic rings. The number of anilines is 1. The number of carboxylic acids is 1. The summed E-state index contributed by atoms with van der Waals surface area (Å²) in [5, 5.41) is 10.2. The second-order valence-corrected chi connectivity index (χ2v) is 9.09. The van der Waals surface area contributed by atoms with Crippen molar-refractivity contribution in [3.05, 3.63) is 50.7 Å². The lowest BCUT2D eigenvalue weighted by atomic mass is 10.1. The Labute approximate surface area is 199 Å². The Hall–Kier alpha value is -2.79. The van der Waals surface area contributed by atoms with E-state index in [2.05, 4.69) is 10.2 Å². The maximum absolute atomic E-state index is 12.9. The van der Waals surface area contributed by atoms with Gasteiger partial charge in [0.2, 0.25) is 0 Å². The number of carboxylic acid groups (broad SMARTS) is 1. The summed E-state index contributed by atoms with van der Waals surface area (Å²) in [6.07, 6.45) is 0.695. The molecule has 0 unspecified atom stereocenters. The number of amides is 3. The molecule has 11 heteroatoms. The fourth-order valence-corrected chi connectivity index (χ4v) is 4.48. The van der Waals surface area contributed by atoms with Crippen LogP contribution in [-0.4, -0.2) is 78.0 Å². The molecule has 0 spiro atoms. The van der Waals surface area contributed by atoms with Crippen molar-refractivity contribution in [3.63, 3.8) is 0 Å². The number of nitrogens with one attached hydrogen (secondary N) is 1. The van der Waals surface area contributed by atoms with Crippen molar-refractivity contribution in [3.8, 4) is 0 Å². The van der Waals surface area contributed by atoms with Gasteiger partial charge in [-0.3, -0.25) is 29.0 Å². The summed E-state index contributed by atoms with van der Waals surface area (Å²) >= 11 is 7.04. The number of fused-ring (bicyclic) bond motifs is 1. The topological polar surface area (TPSA) is 116 Å². The van der Waals surface area contributed by atoms with Crippen LogP contribution in [0.25, 0.3) is 0 Å². The Balaban J connectivity index is 0.000000709. The van der Waals surface area contributed by atoms with Crippen molar-refractivity contribution < 1.29 is 29.0 Å². The van der Waals surface area contributed by atoms with Crippen LogP contribution in [0.5, 0.6) is 0 Å². The van der Waals surface area contributed by atoms with Gasteiger partial charge in [0, 0.05) is 33.1 Å². The van der Waals surface area contributed by atoms with Gasteiger partial charge in [-0.1, -0.05) is 17.7 Å². The van der Waals surface area contributed by atoms with Crippen molar-refractivity contribution in [2.75, 3.05) is 44.7 Å². The van der Waals surface area contributed by atoms with Gasteiger partial charge < -0.3 is 15.2 Å². The first-order chi connectivity index (χ1) is 15.8. The van der Waals surface area contributed by atoms with Crippen molar-refractivity contribution >= 4 is 52.3 Å². The third kappa shape index (κ3) is 6.38. The molecule has 0 aliphatic carbocycles. The van der Waals surface area contributed by atoms with Crippen LogP contribution in [0.2, 0.25) is 4.34 Å². The highest BCUT2D eigenvalue weighted by Gasteiger charge is 2.37. The van der Waals surface area contributed by atoms with Gasteiger partial charge in [0.1, 0.15) is 0 Å². The van der Waals surface area contributed by atoms with Gasteiger partial charge in [0.15, 0.2) is 0 Å². The quantitative estimate of drug-likeness (QED) is 0.594. The van der Waals surface area contributed by atoms with Crippen LogP contribution in [0.1, 0.15) is 43.7 Å². The highest BCUT2D eigenvalue weighted by molar-refractivity contribution is 7.18. The molecule has 33 heavy (non-hydrogen) atoms. The number of thiophene rings is 1. The molecule has 1 fully saturated rings. The first-order valence-electron chi connectivity index (χ1n) is 10.3. The molecule has 4 rings (SSSR count). The van der Waals surface area contributed by atoms with Crippen molar-refractivity contribution in [1.82, 2.24) is 9.80 Å². The third-order valence-corrected chi connectivity index (χ3v) is 6.23. The molecule has 176 valence electrons. The monoisotopic (exact) mass is 493 g/mol. The molecule has 9 nitrogen and oxygen atoms in total. The van der Waals surface area contributed by atoms with Gasteiger partial charge in [0.05, 0.1) is 39.2 Å². The van der Waals surface area contributed by atoms with Crippen LogP contribution in [-0.2, 0) is 9.53 Å². The molecule has 0 saturated carbocycles. The molecule has 3 amide bonds. The molecule has 1 saturated heterocycles. The van der Waals surface area contributed by atoms with E-state index in [4.69, 9.17) is 26.2 Å². The van der Waals surface area contributed by atoms with E-state index in [1.54, 1.807) is 30.3 Å². The Bertz CT molecular complexity index is 1050. The summed E-state index contributed by atoms with van der Waals surface area (Å²) in [6, 6.07) is 8.18. The van der Waals surface area contributed by atoms with E-state index >= 15 is 0 Å². The van der Waals surface area contributed by atoms with E-state index in [1.807, 2.05) is 0 Å². The minimum atomic E-state index is -0.833. The number of carbonyl (C=O) groups excluding carboxylic acids is 3. The Morgan fingerprint density at radius 3 is 2.45 bits per heavy atom. The number of aliphatic carboxylic acids is 1. The van der Waals surface area contributed by atoms with E-state index in [0.717, 1.165) is 37.9 Å². The molecule has 0 bridgehead atoms. The first kappa shape index (κ1) is 24.8. The lowest BCUT2D eigenvalue weighted by Crippen LogP contribution is -2.39. The summed E-state index contributed by atoms with van der Waals surface area (Å²) in [5.74, 6) is -1.88. The minimum Gasteiger partial charge on any atom is -0.481 e. The number of nitrogens with zero attached hydrogens (tertiary/aromatic N) is 2. The highest BCUT2D eigenvalue weighted by atomic mass is 35.5. The van der Waals surface area contributed by atoms with Gasteiger partial charge in [-0.25, -0.2) is 0 Å². The highest BCUT2D eigenvalue weighted by Crippen LogP contribution is 2.30. The van der Waals surface area contributed by atoms with E-state index in [9.17, 15) is 14.4 Å². The average Bonchev–Trinajstić information content (AvgIpc) is 3.32. The van der Waals surface area contributed by atoms with Gasteiger partial charge in [0.25, 0.3) is 23.7 Å². The molecule has 1 aromatic heterocycles. The van der Waals surface area contributed by atoms with Crippen LogP contribution < -0.4 is 5.32 Å². The summed E-state index contributed by atoms with van der Waals surface area (Å²) in [6.45, 7) is 5.39. The van der Waals surface area contributed by atoms with Crippen LogP contribution in [0, 0.1) is 0 Å². The number of rotatable bonds is 6. The molecule has 0 radical (unpaired) electrons. The number of carbonyl (C=O) groups is 4. The standard InChI is InChI=1S/C20H20ClN3O4S.C2H4O2/c21-16-6-5-15(29-16)18(25)22-14-4-1-3-13-17(14)20(27)24(19(13)26)8-2-7-23-9-11-28-12-10-23;1-2(3)4/h1,3-6H,2,7-12H2,(H,22,25);1H3,(H,3,4). The molecular formula is C22H24ClN3O6S. The number of hydrogen-bond acceptors (Lipinski definition) is 7. The van der Waals surface area contributed by atoms with Gasteiger partial charge in [-0.15, -0.1) is 11.3 Å². The third-order valence-electron chi connectivity index (χ3n) is 5.00. The molecule has 1 aromatic carbocycles. The first-order valence-corrected chi connectivity index (χ1v) is 11.5. The Morgan fingerprint density at radius 1 is 1.12 bits per heavy atom. The molecule has 2 aliphatic heterocycles. The maximum atomic E-state index is 12.9. The smallest absolute Gasteiger partial charge is 0.300 e. The molecule has 2 aliphatic rings. The second-order valence-electron chi connectivity index (χ2n) is 7.37. The molecular weight excluding hydrogens is 470 g/mol. The fraction of sp³-hybridized carbons (Fsp3) is 0.364. The van der Waals surface area contributed by atoms with Crippen LogP contribution in [0.15, 0.2) is 30.3 Å². The minimum absolute atomic E-state index is 0.250. The number of imide groups is 1. The summed E-state index contributed by atoms with van der Waals surface area (Å²) < 4.78 is 5.84. The van der Waals surface area contributed by atoms with E-state index in [0.29, 0.717) is 46.6 Å². The second kappa shape index (κ2) is 11.4. The fourth-order valence-electron chi connectivity index (χ4n) is 3.54. The maximum Gasteiger partial charge on any atom is 0.300 e. The number of morpholine rings is 1. The van der Waals surface area contributed by atoms with Crippen molar-refractivity contribution in [2.45, 2.75) is 13.3 Å². The normalized spacial score (nSPS) is 15.6. The van der Waals surface area contributed by atoms with E-state index in [-0.39, 0.29) is 23.3 Å². The number of halogens is 1. The van der Waals surface area contributed by atoms with Crippen LogP contribution in [0.3, 0.4) is 0 Å². The summed E-state index contributed by atoms with van der Waals surface area (Å²) in [5.41, 5.74) is 0.911. The zero-order valence-electron chi connectivity index (χ0n) is 18.0. The number of benzene rings is 1. The lowest BCUT2D eigenvalue weighted by molar-refractivity contribution is -0.134. The number of ether oxygens (including phenoxy) is 1. The molecule has 0 atom stereocenters. The Kier molecular flexibility index (Phi) is 8.56. The zero-order valence-corrected chi connectivity index (χ0v) is 19.6. The van der Waals surface area contributed by atoms with E-state index in [1.165, 1.54) is 4.90 Å². The SMILES string of the molecule is CC(=O)O.O=C(Nc1cccc2c1C(=O)N(CCCN1CCOCC1)C2=O)c1ccc(Cl)s1. The van der Waals surface area contributed by atoms with Crippen molar-refractivity contribution in [2.24, 2.45) is 0 Å². The summed E-state index contributed by atoms with van der Waals surface area (Å²) in [7, 11) is 0. The Morgan fingerprint density at radius 2 is 1.82 bits per heavy atom. The van der Waals surface area contributed by atoms with Gasteiger partial charge in [-0.05, 0) is 30.7 Å². The van der Waals surface area contributed by atoms with Crippen molar-refractivity contribution in [1.29, 1.82) is 0 Å². The predicted molar refractivity (Wildman–Crippen MR) is 124 cm³/mol. The zero-order chi connectivity index (χ0) is 24.0. The average molecular weight is 494 g/mol. The predicted octanol–water partition coefficient (Wildman–Crippen LogP) is 3.06. The largest absolute Gasteiger partial charge is 0.481 e. The molecule has 2 N–H and O–H groups in total. The van der Waals surface area contributed by atoms with Gasteiger partial charge >= 0.3 is 0 Å². The van der Waals surface area contributed by atoms with Crippen LogP contribution in [0.4, 0.5) is 5.69 Å². The summed E-state index contributed by atoms with van der Waals surface area (Å²) in [4.78, 5) is 51.1.